The minimum atomic E-state index is -1.45. The van der Waals surface area contributed by atoms with Gasteiger partial charge in [0.25, 0.3) is 0 Å². The van der Waals surface area contributed by atoms with Crippen molar-refractivity contribution in [2.75, 3.05) is 18.6 Å². The maximum atomic E-state index is 15.3. The lowest BCUT2D eigenvalue weighted by molar-refractivity contribution is -0.140. The molecule has 2 N–H and O–H groups in total. The second kappa shape index (κ2) is 12.4. The molecule has 2 aliphatic heterocycles. The topological polar surface area (TPSA) is 124 Å². The highest BCUT2D eigenvalue weighted by atomic mass is 35.5. The van der Waals surface area contributed by atoms with Crippen LogP contribution in [0.25, 0.3) is 0 Å². The van der Waals surface area contributed by atoms with E-state index in [4.69, 9.17) is 16.3 Å². The maximum Gasteiger partial charge on any atom is 0.246 e. The molecule has 9 nitrogen and oxygen atoms in total. The highest BCUT2D eigenvalue weighted by molar-refractivity contribution is 6.32. The van der Waals surface area contributed by atoms with Crippen molar-refractivity contribution in [1.82, 2.24) is 4.90 Å². The molecule has 0 bridgehead atoms. The number of ether oxygens (including phenoxy) is 1. The van der Waals surface area contributed by atoms with E-state index in [1.54, 1.807) is 54.6 Å². The summed E-state index contributed by atoms with van der Waals surface area (Å²) in [5.74, 6) is -4.46. The SMILES string of the molecule is COc1cc(O)ccc1[C@H]1C2=CC[C@@H]3C(=O)N(CCc4ccc(O)cc4)C(=O)[C@@H]3[C@@H]2C[C@H]2C(=O)N(c3cccc(Cl)c3)C(=O)[C@@]12c1ccccc1. The zero-order valence-electron chi connectivity index (χ0n) is 27.7. The van der Waals surface area contributed by atoms with E-state index in [1.807, 2.05) is 36.4 Å². The summed E-state index contributed by atoms with van der Waals surface area (Å²) in [6, 6.07) is 27.3. The van der Waals surface area contributed by atoms with Gasteiger partial charge in [0.2, 0.25) is 23.6 Å². The minimum Gasteiger partial charge on any atom is -0.508 e. The van der Waals surface area contributed by atoms with Gasteiger partial charge in [0, 0.05) is 29.1 Å². The molecule has 10 heteroatoms. The largest absolute Gasteiger partial charge is 0.508 e. The summed E-state index contributed by atoms with van der Waals surface area (Å²) in [6.07, 6.45) is 2.89. The van der Waals surface area contributed by atoms with Gasteiger partial charge >= 0.3 is 0 Å². The van der Waals surface area contributed by atoms with E-state index in [9.17, 15) is 24.6 Å². The molecular formula is C41H35ClN2O7. The zero-order valence-corrected chi connectivity index (χ0v) is 28.5. The van der Waals surface area contributed by atoms with Crippen LogP contribution in [0.1, 0.15) is 35.4 Å². The molecule has 1 saturated carbocycles. The number of anilines is 1. The number of likely N-dealkylation sites (tertiary alicyclic amines) is 1. The van der Waals surface area contributed by atoms with Gasteiger partial charge in [-0.05, 0) is 72.7 Å². The van der Waals surface area contributed by atoms with Crippen LogP contribution in [0.3, 0.4) is 0 Å². The van der Waals surface area contributed by atoms with Gasteiger partial charge in [-0.1, -0.05) is 77.8 Å². The number of methoxy groups -OCH3 is 1. The van der Waals surface area contributed by atoms with Gasteiger partial charge < -0.3 is 14.9 Å². The van der Waals surface area contributed by atoms with Gasteiger partial charge in [-0.15, -0.1) is 0 Å². The quantitative estimate of drug-likeness (QED) is 0.175. The van der Waals surface area contributed by atoms with Crippen LogP contribution in [-0.2, 0) is 31.0 Å². The Kier molecular flexibility index (Phi) is 7.98. The highest BCUT2D eigenvalue weighted by Gasteiger charge is 2.70. The van der Waals surface area contributed by atoms with Crippen LogP contribution in [0.4, 0.5) is 5.69 Å². The average Bonchev–Trinajstić information content (AvgIpc) is 3.52. The van der Waals surface area contributed by atoms with Crippen molar-refractivity contribution in [1.29, 1.82) is 0 Å². The number of carbonyl (C=O) groups excluding carboxylic acids is 4. The molecule has 3 fully saturated rings. The first-order chi connectivity index (χ1) is 24.6. The number of hydrogen-bond acceptors (Lipinski definition) is 7. The van der Waals surface area contributed by atoms with Gasteiger partial charge in [0.1, 0.15) is 17.2 Å². The summed E-state index contributed by atoms with van der Waals surface area (Å²) < 4.78 is 5.84. The maximum absolute atomic E-state index is 15.3. The lowest BCUT2D eigenvalue weighted by atomic mass is 9.49. The molecule has 4 aromatic rings. The number of rotatable bonds is 7. The average molecular weight is 703 g/mol. The summed E-state index contributed by atoms with van der Waals surface area (Å²) in [5, 5.41) is 20.6. The van der Waals surface area contributed by atoms with Crippen LogP contribution in [-0.4, -0.2) is 52.4 Å². The van der Waals surface area contributed by atoms with Crippen LogP contribution < -0.4 is 9.64 Å². The van der Waals surface area contributed by atoms with Crippen LogP contribution in [0.15, 0.2) is 109 Å². The number of carbonyl (C=O) groups is 4. The predicted octanol–water partition coefficient (Wildman–Crippen LogP) is 6.16. The highest BCUT2D eigenvalue weighted by Crippen LogP contribution is 2.65. The molecule has 8 rings (SSSR count). The normalized spacial score (nSPS) is 26.9. The number of amides is 4. The molecule has 2 saturated heterocycles. The monoisotopic (exact) mass is 702 g/mol. The fourth-order valence-corrected chi connectivity index (χ4v) is 9.40. The first-order valence-corrected chi connectivity index (χ1v) is 17.4. The number of benzene rings is 4. The molecule has 2 aliphatic carbocycles. The number of phenolic OH excluding ortho intramolecular Hbond substituents is 2. The van der Waals surface area contributed by atoms with E-state index in [0.29, 0.717) is 40.4 Å². The van der Waals surface area contributed by atoms with Crippen molar-refractivity contribution < 1.29 is 34.1 Å². The Hall–Kier alpha value is -5.41. The fraction of sp³-hybridized carbons (Fsp3) is 0.268. The summed E-state index contributed by atoms with van der Waals surface area (Å²) >= 11 is 6.39. The lowest BCUT2D eigenvalue weighted by Gasteiger charge is -2.51. The molecular weight excluding hydrogens is 668 g/mol. The van der Waals surface area contributed by atoms with Gasteiger partial charge in [0.05, 0.1) is 36.0 Å². The van der Waals surface area contributed by atoms with Crippen molar-refractivity contribution in [3.63, 3.8) is 0 Å². The zero-order chi connectivity index (χ0) is 35.6. The first-order valence-electron chi connectivity index (χ1n) is 17.0. The molecule has 6 atom stereocenters. The van der Waals surface area contributed by atoms with Crippen LogP contribution in [0.5, 0.6) is 17.2 Å². The predicted molar refractivity (Wildman–Crippen MR) is 189 cm³/mol. The standard InChI is InChI=1S/C41H35ClN2O7/c1-51-34-21-28(46)14-15-30(34)36-29-16-17-31-35(39(49)43(37(31)47)19-18-23-10-12-27(45)13-11-23)32(29)22-33-38(48)44(26-9-5-8-25(42)20-26)40(50)41(33,36)24-6-3-2-4-7-24/h2-16,20-21,31-33,35-36,45-46H,17-19,22H2,1H3/t31-,32+,33-,35-,36+,41+/m0/s1. The van der Waals surface area contributed by atoms with Crippen molar-refractivity contribution >= 4 is 40.9 Å². The van der Waals surface area contributed by atoms with Crippen molar-refractivity contribution in [2.24, 2.45) is 23.7 Å². The second-order valence-electron chi connectivity index (χ2n) is 13.8. The van der Waals surface area contributed by atoms with E-state index in [-0.39, 0.29) is 36.3 Å². The third kappa shape index (κ3) is 4.97. The molecule has 4 aliphatic rings. The van der Waals surface area contributed by atoms with E-state index >= 15 is 4.79 Å². The fourth-order valence-electron chi connectivity index (χ4n) is 9.22. The molecule has 4 amide bonds. The summed E-state index contributed by atoms with van der Waals surface area (Å²) in [4.78, 5) is 61.1. The van der Waals surface area contributed by atoms with E-state index in [2.05, 4.69) is 0 Å². The number of hydrogen-bond donors (Lipinski definition) is 2. The third-order valence-electron chi connectivity index (χ3n) is 11.3. The Morgan fingerprint density at radius 1 is 0.824 bits per heavy atom. The number of allylic oxidation sites excluding steroid dienone is 2. The molecule has 0 aromatic heterocycles. The number of phenols is 2. The number of fused-ring (bicyclic) bond motifs is 4. The first kappa shape index (κ1) is 32.8. The molecule has 0 radical (unpaired) electrons. The number of imide groups is 2. The molecule has 0 spiro atoms. The van der Waals surface area contributed by atoms with Gasteiger partial charge in [-0.25, -0.2) is 4.90 Å². The number of aromatic hydroxyl groups is 2. The molecule has 4 aromatic carbocycles. The van der Waals surface area contributed by atoms with Gasteiger partial charge in [-0.2, -0.15) is 0 Å². The molecule has 0 unspecified atom stereocenters. The van der Waals surface area contributed by atoms with Crippen LogP contribution in [0.2, 0.25) is 5.02 Å². The minimum absolute atomic E-state index is 0.0267. The second-order valence-corrected chi connectivity index (χ2v) is 14.2. The Bertz CT molecular complexity index is 2120. The molecule has 2 heterocycles. The molecule has 258 valence electrons. The van der Waals surface area contributed by atoms with Gasteiger partial charge in [-0.3, -0.25) is 24.1 Å². The summed E-state index contributed by atoms with van der Waals surface area (Å²) in [5.41, 5.74) is 1.81. The van der Waals surface area contributed by atoms with E-state index in [0.717, 1.165) is 11.1 Å². The Balaban J connectivity index is 1.29. The van der Waals surface area contributed by atoms with Crippen molar-refractivity contribution in [3.8, 4) is 17.2 Å². The Labute approximate surface area is 299 Å². The number of halogens is 1. The van der Waals surface area contributed by atoms with Crippen LogP contribution in [0, 0.1) is 23.7 Å². The smallest absolute Gasteiger partial charge is 0.246 e. The van der Waals surface area contributed by atoms with Crippen LogP contribution >= 0.6 is 11.6 Å². The third-order valence-corrected chi connectivity index (χ3v) is 11.6. The van der Waals surface area contributed by atoms with Crippen molar-refractivity contribution in [3.05, 3.63) is 130 Å². The Morgan fingerprint density at radius 3 is 2.29 bits per heavy atom. The van der Waals surface area contributed by atoms with E-state index < -0.39 is 46.8 Å². The summed E-state index contributed by atoms with van der Waals surface area (Å²) in [6.45, 7) is 0.185. The molecule has 51 heavy (non-hydrogen) atoms. The lowest BCUT2D eigenvalue weighted by Crippen LogP contribution is -2.53. The van der Waals surface area contributed by atoms with E-state index in [1.165, 1.54) is 29.0 Å². The summed E-state index contributed by atoms with van der Waals surface area (Å²) in [7, 11) is 1.49. The van der Waals surface area contributed by atoms with Crippen molar-refractivity contribution in [2.45, 2.75) is 30.6 Å². The number of nitrogens with zero attached hydrogens (tertiary/aromatic N) is 2. The Morgan fingerprint density at radius 2 is 1.57 bits per heavy atom. The van der Waals surface area contributed by atoms with Gasteiger partial charge in [0.15, 0.2) is 0 Å².